The van der Waals surface area contributed by atoms with E-state index in [1.807, 2.05) is 23.9 Å². The summed E-state index contributed by atoms with van der Waals surface area (Å²) in [6, 6.07) is 8.41. The van der Waals surface area contributed by atoms with Crippen molar-refractivity contribution in [1.29, 1.82) is 0 Å². The first-order chi connectivity index (χ1) is 10.3. The van der Waals surface area contributed by atoms with Crippen molar-refractivity contribution in [3.05, 3.63) is 46.6 Å². The maximum absolute atomic E-state index is 5.97. The van der Waals surface area contributed by atoms with Crippen molar-refractivity contribution in [3.63, 3.8) is 0 Å². The highest BCUT2D eigenvalue weighted by atomic mass is 35.5. The molecule has 5 nitrogen and oxygen atoms in total. The van der Waals surface area contributed by atoms with E-state index in [2.05, 4.69) is 27.2 Å². The van der Waals surface area contributed by atoms with E-state index >= 15 is 0 Å². The molecule has 2 aromatic rings. The molecular formula is C14H17ClN4OS. The zero-order chi connectivity index (χ0) is 14.7. The molecule has 1 aromatic carbocycles. The molecule has 21 heavy (non-hydrogen) atoms. The van der Waals surface area contributed by atoms with Crippen LogP contribution in [0.5, 0.6) is 0 Å². The monoisotopic (exact) mass is 324 g/mol. The summed E-state index contributed by atoms with van der Waals surface area (Å²) in [6.07, 6.45) is 0. The SMILES string of the molecule is NCc1nc(CN2CCSCC2c2ccc(Cl)cc2)no1. The predicted octanol–water partition coefficient (Wildman–Crippen LogP) is 2.47. The van der Waals surface area contributed by atoms with Gasteiger partial charge in [0.2, 0.25) is 5.89 Å². The lowest BCUT2D eigenvalue weighted by molar-refractivity contribution is 0.204. The van der Waals surface area contributed by atoms with E-state index in [0.29, 0.717) is 24.3 Å². The zero-order valence-corrected chi connectivity index (χ0v) is 13.1. The fraction of sp³-hybridized carbons (Fsp3) is 0.429. The second-order valence-corrected chi connectivity index (χ2v) is 6.51. The van der Waals surface area contributed by atoms with Crippen LogP contribution in [0.4, 0.5) is 0 Å². The quantitative estimate of drug-likeness (QED) is 0.931. The van der Waals surface area contributed by atoms with Crippen molar-refractivity contribution in [2.24, 2.45) is 5.73 Å². The molecule has 0 amide bonds. The minimum absolute atomic E-state index is 0.281. The fourth-order valence-electron chi connectivity index (χ4n) is 2.44. The van der Waals surface area contributed by atoms with E-state index in [0.717, 1.165) is 23.1 Å². The summed E-state index contributed by atoms with van der Waals surface area (Å²) in [4.78, 5) is 6.67. The average molecular weight is 325 g/mol. The largest absolute Gasteiger partial charge is 0.338 e. The number of benzene rings is 1. The molecule has 1 aromatic heterocycles. The van der Waals surface area contributed by atoms with Gasteiger partial charge in [0.15, 0.2) is 5.82 Å². The molecular weight excluding hydrogens is 308 g/mol. The van der Waals surface area contributed by atoms with E-state index in [9.17, 15) is 0 Å². The summed E-state index contributed by atoms with van der Waals surface area (Å²) in [7, 11) is 0. The average Bonchev–Trinajstić information content (AvgIpc) is 2.96. The van der Waals surface area contributed by atoms with Gasteiger partial charge in [0.05, 0.1) is 13.1 Å². The van der Waals surface area contributed by atoms with Gasteiger partial charge in [0, 0.05) is 29.1 Å². The molecule has 7 heteroatoms. The summed E-state index contributed by atoms with van der Waals surface area (Å²) in [5, 5.41) is 4.75. The lowest BCUT2D eigenvalue weighted by Gasteiger charge is -2.34. The van der Waals surface area contributed by atoms with Gasteiger partial charge in [-0.1, -0.05) is 28.9 Å². The number of nitrogens with zero attached hydrogens (tertiary/aromatic N) is 3. The highest BCUT2D eigenvalue weighted by molar-refractivity contribution is 7.99. The highest BCUT2D eigenvalue weighted by Crippen LogP contribution is 2.31. The Balaban J connectivity index is 1.76. The van der Waals surface area contributed by atoms with Crippen LogP contribution in [0.1, 0.15) is 23.3 Å². The van der Waals surface area contributed by atoms with Crippen LogP contribution in [0.3, 0.4) is 0 Å². The molecule has 0 aliphatic carbocycles. The normalized spacial score (nSPS) is 19.8. The lowest BCUT2D eigenvalue weighted by atomic mass is 10.1. The van der Waals surface area contributed by atoms with Gasteiger partial charge in [-0.15, -0.1) is 0 Å². The molecule has 3 rings (SSSR count). The van der Waals surface area contributed by atoms with Crippen LogP contribution < -0.4 is 5.73 Å². The van der Waals surface area contributed by atoms with Gasteiger partial charge in [-0.25, -0.2) is 0 Å². The Bertz CT molecular complexity index is 589. The molecule has 1 aliphatic rings. The molecule has 1 fully saturated rings. The maximum Gasteiger partial charge on any atom is 0.240 e. The number of rotatable bonds is 4. The molecule has 0 radical (unpaired) electrons. The van der Waals surface area contributed by atoms with Gasteiger partial charge >= 0.3 is 0 Å². The zero-order valence-electron chi connectivity index (χ0n) is 11.5. The van der Waals surface area contributed by atoms with Crippen LogP contribution in [0.25, 0.3) is 0 Å². The van der Waals surface area contributed by atoms with Crippen molar-refractivity contribution in [3.8, 4) is 0 Å². The summed E-state index contributed by atoms with van der Waals surface area (Å²) in [5.74, 6) is 3.36. The summed E-state index contributed by atoms with van der Waals surface area (Å²) in [5.41, 5.74) is 6.78. The van der Waals surface area contributed by atoms with Crippen molar-refractivity contribution < 1.29 is 4.52 Å². The van der Waals surface area contributed by atoms with Crippen LogP contribution in [-0.2, 0) is 13.1 Å². The van der Waals surface area contributed by atoms with Crippen LogP contribution in [0, 0.1) is 0 Å². The van der Waals surface area contributed by atoms with E-state index in [1.54, 1.807) is 0 Å². The van der Waals surface area contributed by atoms with Gasteiger partial charge in [0.25, 0.3) is 0 Å². The number of nitrogens with two attached hydrogens (primary N) is 1. The molecule has 2 N–H and O–H groups in total. The van der Waals surface area contributed by atoms with Gasteiger partial charge in [0.1, 0.15) is 0 Å². The minimum Gasteiger partial charge on any atom is -0.338 e. The van der Waals surface area contributed by atoms with Gasteiger partial charge in [-0.05, 0) is 17.7 Å². The molecule has 1 atom stereocenters. The minimum atomic E-state index is 0.281. The van der Waals surface area contributed by atoms with Crippen molar-refractivity contribution in [2.45, 2.75) is 19.1 Å². The van der Waals surface area contributed by atoms with E-state index < -0.39 is 0 Å². The molecule has 1 aliphatic heterocycles. The van der Waals surface area contributed by atoms with Crippen LogP contribution in [0.15, 0.2) is 28.8 Å². The summed E-state index contributed by atoms with van der Waals surface area (Å²) < 4.78 is 5.08. The van der Waals surface area contributed by atoms with Crippen LogP contribution >= 0.6 is 23.4 Å². The standard InChI is InChI=1S/C14H17ClN4OS/c15-11-3-1-10(2-4-11)12-9-21-6-5-19(12)8-13-17-14(7-16)20-18-13/h1-4,12H,5-9,16H2. The smallest absolute Gasteiger partial charge is 0.240 e. The Morgan fingerprint density at radius 1 is 1.38 bits per heavy atom. The number of hydrogen-bond acceptors (Lipinski definition) is 6. The predicted molar refractivity (Wildman–Crippen MR) is 84.1 cm³/mol. The Morgan fingerprint density at radius 2 is 2.19 bits per heavy atom. The fourth-order valence-corrected chi connectivity index (χ4v) is 3.72. The second kappa shape index (κ2) is 6.79. The lowest BCUT2D eigenvalue weighted by Crippen LogP contribution is -2.36. The second-order valence-electron chi connectivity index (χ2n) is 4.92. The molecule has 0 bridgehead atoms. The number of thioether (sulfide) groups is 1. The molecule has 112 valence electrons. The third-order valence-electron chi connectivity index (χ3n) is 3.52. The number of hydrogen-bond donors (Lipinski definition) is 1. The highest BCUT2D eigenvalue weighted by Gasteiger charge is 2.25. The Hall–Kier alpha value is -1.08. The summed E-state index contributed by atoms with van der Waals surface area (Å²) in [6.45, 7) is 1.96. The summed E-state index contributed by atoms with van der Waals surface area (Å²) >= 11 is 7.94. The third kappa shape index (κ3) is 3.58. The van der Waals surface area contributed by atoms with Gasteiger partial charge < -0.3 is 10.3 Å². The van der Waals surface area contributed by atoms with Gasteiger partial charge in [-0.3, -0.25) is 4.90 Å². The molecule has 1 unspecified atom stereocenters. The number of halogens is 1. The molecule has 0 saturated carbocycles. The van der Waals surface area contributed by atoms with E-state index in [1.165, 1.54) is 5.56 Å². The Labute approximate surface area is 132 Å². The first kappa shape index (κ1) is 14.8. The first-order valence-electron chi connectivity index (χ1n) is 6.85. The third-order valence-corrected chi connectivity index (χ3v) is 4.80. The van der Waals surface area contributed by atoms with Crippen LogP contribution in [0.2, 0.25) is 5.02 Å². The molecule has 2 heterocycles. The maximum atomic E-state index is 5.97. The van der Waals surface area contributed by atoms with Crippen molar-refractivity contribution in [1.82, 2.24) is 15.0 Å². The van der Waals surface area contributed by atoms with Crippen molar-refractivity contribution >= 4 is 23.4 Å². The Morgan fingerprint density at radius 3 is 2.90 bits per heavy atom. The Kier molecular flexibility index (Phi) is 4.80. The topological polar surface area (TPSA) is 68.2 Å². The van der Waals surface area contributed by atoms with Crippen LogP contribution in [-0.4, -0.2) is 33.1 Å². The molecule has 0 spiro atoms. The molecule has 1 saturated heterocycles. The first-order valence-corrected chi connectivity index (χ1v) is 8.38. The van der Waals surface area contributed by atoms with Crippen molar-refractivity contribution in [2.75, 3.05) is 18.1 Å². The van der Waals surface area contributed by atoms with E-state index in [4.69, 9.17) is 21.9 Å². The van der Waals surface area contributed by atoms with Gasteiger partial charge in [-0.2, -0.15) is 16.7 Å². The number of aromatic nitrogens is 2. The van der Waals surface area contributed by atoms with E-state index in [-0.39, 0.29) is 6.54 Å².